The van der Waals surface area contributed by atoms with Gasteiger partial charge in [0.25, 0.3) is 0 Å². The van der Waals surface area contributed by atoms with Gasteiger partial charge in [0.05, 0.1) is 17.1 Å². The summed E-state index contributed by atoms with van der Waals surface area (Å²) in [5, 5.41) is 3.57. The summed E-state index contributed by atoms with van der Waals surface area (Å²) in [7, 11) is 0. The zero-order chi connectivity index (χ0) is 18.4. The predicted molar refractivity (Wildman–Crippen MR) is 97.6 cm³/mol. The van der Waals surface area contributed by atoms with Crippen LogP contribution in [0, 0.1) is 5.82 Å². The Kier molecular flexibility index (Phi) is 6.79. The van der Waals surface area contributed by atoms with E-state index in [-0.39, 0.29) is 37.1 Å². The fourth-order valence-electron chi connectivity index (χ4n) is 2.30. The highest BCUT2D eigenvalue weighted by atomic mass is 35.5. The van der Waals surface area contributed by atoms with Crippen LogP contribution in [-0.4, -0.2) is 24.9 Å². The van der Waals surface area contributed by atoms with Gasteiger partial charge in [0.1, 0.15) is 5.82 Å². The summed E-state index contributed by atoms with van der Waals surface area (Å²) in [5.41, 5.74) is 1.24. The topological polar surface area (TPSA) is 49.4 Å². The molecule has 132 valence electrons. The van der Waals surface area contributed by atoms with E-state index in [9.17, 15) is 14.0 Å². The minimum Gasteiger partial charge on any atom is -0.354 e. The number of amides is 2. The van der Waals surface area contributed by atoms with Gasteiger partial charge in [-0.15, -0.1) is 0 Å². The van der Waals surface area contributed by atoms with E-state index >= 15 is 0 Å². The SMILES string of the molecule is CC(=O)N(CCNC(=O)Cc1ccc(F)cc1)c1ccc(Cl)cc1Cl. The molecule has 2 rings (SSSR count). The number of benzene rings is 2. The second kappa shape index (κ2) is 8.83. The fourth-order valence-corrected chi connectivity index (χ4v) is 2.82. The van der Waals surface area contributed by atoms with Crippen LogP contribution in [0.25, 0.3) is 0 Å². The van der Waals surface area contributed by atoms with Gasteiger partial charge in [-0.05, 0) is 35.9 Å². The number of nitrogens with one attached hydrogen (secondary N) is 1. The van der Waals surface area contributed by atoms with Crippen LogP contribution < -0.4 is 10.2 Å². The summed E-state index contributed by atoms with van der Waals surface area (Å²) in [6.07, 6.45) is 0.141. The van der Waals surface area contributed by atoms with Crippen LogP contribution in [0.2, 0.25) is 10.0 Å². The number of hydrogen-bond donors (Lipinski definition) is 1. The van der Waals surface area contributed by atoms with Crippen molar-refractivity contribution in [2.45, 2.75) is 13.3 Å². The molecule has 1 N–H and O–H groups in total. The molecule has 0 saturated carbocycles. The first-order valence-electron chi connectivity index (χ1n) is 7.61. The summed E-state index contributed by atoms with van der Waals surface area (Å²) in [5.74, 6) is -0.754. The molecule has 0 aliphatic carbocycles. The first-order valence-corrected chi connectivity index (χ1v) is 8.36. The Labute approximate surface area is 155 Å². The minimum absolute atomic E-state index is 0.141. The van der Waals surface area contributed by atoms with Crippen molar-refractivity contribution < 1.29 is 14.0 Å². The summed E-state index contributed by atoms with van der Waals surface area (Å²) < 4.78 is 12.9. The second-order valence-electron chi connectivity index (χ2n) is 5.42. The molecule has 2 aromatic carbocycles. The number of anilines is 1. The third-order valence-corrected chi connectivity index (χ3v) is 4.05. The van der Waals surface area contributed by atoms with Crippen molar-refractivity contribution >= 4 is 40.7 Å². The van der Waals surface area contributed by atoms with Crippen molar-refractivity contribution in [1.29, 1.82) is 0 Å². The van der Waals surface area contributed by atoms with E-state index in [0.29, 0.717) is 21.3 Å². The summed E-state index contributed by atoms with van der Waals surface area (Å²) in [6, 6.07) is 10.6. The number of nitrogens with zero attached hydrogens (tertiary/aromatic N) is 1. The highest BCUT2D eigenvalue weighted by molar-refractivity contribution is 6.36. The van der Waals surface area contributed by atoms with Crippen LogP contribution in [-0.2, 0) is 16.0 Å². The van der Waals surface area contributed by atoms with Gasteiger partial charge < -0.3 is 10.2 Å². The first kappa shape index (κ1) is 19.2. The van der Waals surface area contributed by atoms with Crippen molar-refractivity contribution in [2.24, 2.45) is 0 Å². The van der Waals surface area contributed by atoms with Crippen molar-refractivity contribution in [3.05, 3.63) is 63.9 Å². The number of carbonyl (C=O) groups excluding carboxylic acids is 2. The highest BCUT2D eigenvalue weighted by Gasteiger charge is 2.15. The van der Waals surface area contributed by atoms with E-state index in [1.54, 1.807) is 30.3 Å². The lowest BCUT2D eigenvalue weighted by Gasteiger charge is -2.22. The summed E-state index contributed by atoms with van der Waals surface area (Å²) >= 11 is 12.0. The zero-order valence-electron chi connectivity index (χ0n) is 13.6. The number of hydrogen-bond acceptors (Lipinski definition) is 2. The molecule has 0 spiro atoms. The number of carbonyl (C=O) groups is 2. The highest BCUT2D eigenvalue weighted by Crippen LogP contribution is 2.28. The van der Waals surface area contributed by atoms with Gasteiger partial charge in [-0.3, -0.25) is 9.59 Å². The van der Waals surface area contributed by atoms with E-state index in [1.807, 2.05) is 0 Å². The van der Waals surface area contributed by atoms with E-state index < -0.39 is 0 Å². The van der Waals surface area contributed by atoms with Crippen LogP contribution in [0.4, 0.5) is 10.1 Å². The minimum atomic E-state index is -0.346. The van der Waals surface area contributed by atoms with Gasteiger partial charge >= 0.3 is 0 Å². The maximum absolute atomic E-state index is 12.9. The zero-order valence-corrected chi connectivity index (χ0v) is 15.1. The largest absolute Gasteiger partial charge is 0.354 e. The Bertz CT molecular complexity index is 766. The van der Waals surface area contributed by atoms with Crippen LogP contribution >= 0.6 is 23.2 Å². The Balaban J connectivity index is 1.92. The molecule has 0 unspecified atom stereocenters. The quantitative estimate of drug-likeness (QED) is 0.824. The first-order chi connectivity index (χ1) is 11.9. The molecule has 4 nitrogen and oxygen atoms in total. The Hall–Kier alpha value is -2.11. The van der Waals surface area contributed by atoms with E-state index in [4.69, 9.17) is 23.2 Å². The number of halogens is 3. The normalized spacial score (nSPS) is 10.4. The average molecular weight is 383 g/mol. The van der Waals surface area contributed by atoms with E-state index in [1.165, 1.54) is 24.0 Å². The molecule has 0 aromatic heterocycles. The molecular weight excluding hydrogens is 366 g/mol. The molecule has 0 radical (unpaired) electrons. The summed E-state index contributed by atoms with van der Waals surface area (Å²) in [6.45, 7) is 1.95. The molecule has 2 amide bonds. The van der Waals surface area contributed by atoms with Crippen molar-refractivity contribution in [3.63, 3.8) is 0 Å². The molecule has 0 atom stereocenters. The maximum Gasteiger partial charge on any atom is 0.224 e. The van der Waals surface area contributed by atoms with Gasteiger partial charge in [-0.2, -0.15) is 0 Å². The monoisotopic (exact) mass is 382 g/mol. The van der Waals surface area contributed by atoms with Crippen LogP contribution in [0.1, 0.15) is 12.5 Å². The van der Waals surface area contributed by atoms with Gasteiger partial charge in [0.15, 0.2) is 0 Å². The Morgan fingerprint density at radius 3 is 2.40 bits per heavy atom. The smallest absolute Gasteiger partial charge is 0.224 e. The molecule has 0 saturated heterocycles. The van der Waals surface area contributed by atoms with Gasteiger partial charge in [0, 0.05) is 25.0 Å². The van der Waals surface area contributed by atoms with Crippen molar-refractivity contribution in [3.8, 4) is 0 Å². The molecule has 25 heavy (non-hydrogen) atoms. The Morgan fingerprint density at radius 2 is 1.80 bits per heavy atom. The molecule has 0 aliphatic rings. The van der Waals surface area contributed by atoms with E-state index in [0.717, 1.165) is 0 Å². The third kappa shape index (κ3) is 5.73. The van der Waals surface area contributed by atoms with Crippen LogP contribution in [0.3, 0.4) is 0 Å². The standard InChI is InChI=1S/C18H17Cl2FN2O2/c1-12(24)23(17-7-4-14(19)11-16(17)20)9-8-22-18(25)10-13-2-5-15(21)6-3-13/h2-7,11H,8-10H2,1H3,(H,22,25). The third-order valence-electron chi connectivity index (χ3n) is 3.52. The molecule has 0 heterocycles. The maximum atomic E-state index is 12.9. The van der Waals surface area contributed by atoms with Gasteiger partial charge in [-0.1, -0.05) is 35.3 Å². The number of rotatable bonds is 6. The van der Waals surface area contributed by atoms with Gasteiger partial charge in [-0.25, -0.2) is 4.39 Å². The molecular formula is C18H17Cl2FN2O2. The average Bonchev–Trinajstić information content (AvgIpc) is 2.54. The molecule has 2 aromatic rings. The lowest BCUT2D eigenvalue weighted by molar-refractivity contribution is -0.121. The molecule has 0 fully saturated rings. The van der Waals surface area contributed by atoms with Crippen molar-refractivity contribution in [1.82, 2.24) is 5.32 Å². The summed E-state index contributed by atoms with van der Waals surface area (Å²) in [4.78, 5) is 25.3. The molecule has 7 heteroatoms. The second-order valence-corrected chi connectivity index (χ2v) is 6.26. The predicted octanol–water partition coefficient (Wildman–Crippen LogP) is 3.84. The van der Waals surface area contributed by atoms with E-state index in [2.05, 4.69) is 5.32 Å². The van der Waals surface area contributed by atoms with Crippen molar-refractivity contribution in [2.75, 3.05) is 18.0 Å². The lowest BCUT2D eigenvalue weighted by atomic mass is 10.1. The Morgan fingerprint density at radius 1 is 1.12 bits per heavy atom. The lowest BCUT2D eigenvalue weighted by Crippen LogP contribution is -2.38. The van der Waals surface area contributed by atoms with Crippen LogP contribution in [0.15, 0.2) is 42.5 Å². The molecule has 0 bridgehead atoms. The molecule has 0 aliphatic heterocycles. The van der Waals surface area contributed by atoms with Gasteiger partial charge in [0.2, 0.25) is 11.8 Å². The van der Waals surface area contributed by atoms with Crippen LogP contribution in [0.5, 0.6) is 0 Å². The fraction of sp³-hybridized carbons (Fsp3) is 0.222.